The second-order valence-corrected chi connectivity index (χ2v) is 5.79. The largest absolute Gasteiger partial charge is 0.482 e. The van der Waals surface area contributed by atoms with E-state index in [-0.39, 0.29) is 6.61 Å². The first-order chi connectivity index (χ1) is 11.6. The highest BCUT2D eigenvalue weighted by molar-refractivity contribution is 6.35. The molecule has 122 valence electrons. The Labute approximate surface area is 148 Å². The van der Waals surface area contributed by atoms with Gasteiger partial charge in [0.1, 0.15) is 5.75 Å². The third-order valence-corrected chi connectivity index (χ3v) is 3.80. The molecule has 0 bridgehead atoms. The number of benzene rings is 2. The van der Waals surface area contributed by atoms with Gasteiger partial charge in [-0.25, -0.2) is 5.43 Å². The molecule has 0 aliphatic rings. The summed E-state index contributed by atoms with van der Waals surface area (Å²) < 4.78 is 5.33. The van der Waals surface area contributed by atoms with Gasteiger partial charge >= 0.3 is 0 Å². The number of ether oxygens (including phenoxy) is 1. The number of carbonyl (C=O) groups excluding carboxylic acids is 1. The van der Waals surface area contributed by atoms with E-state index >= 15 is 0 Å². The summed E-state index contributed by atoms with van der Waals surface area (Å²) in [6.45, 7) is -0.202. The van der Waals surface area contributed by atoms with E-state index in [2.05, 4.69) is 15.5 Å². The molecule has 0 aliphatic heterocycles. The van der Waals surface area contributed by atoms with Crippen molar-refractivity contribution >= 4 is 46.2 Å². The highest BCUT2D eigenvalue weighted by Crippen LogP contribution is 2.27. The number of hydrogen-bond donors (Lipinski definition) is 2. The minimum Gasteiger partial charge on any atom is -0.482 e. The van der Waals surface area contributed by atoms with Gasteiger partial charge in [-0.05, 0) is 24.3 Å². The zero-order valence-corrected chi connectivity index (χ0v) is 13.9. The summed E-state index contributed by atoms with van der Waals surface area (Å²) in [6.07, 6.45) is 3.40. The Hall–Kier alpha value is -2.50. The third kappa shape index (κ3) is 3.88. The van der Waals surface area contributed by atoms with E-state index < -0.39 is 5.91 Å². The number of rotatable bonds is 5. The van der Waals surface area contributed by atoms with Crippen LogP contribution >= 0.6 is 23.2 Å². The molecule has 1 heterocycles. The van der Waals surface area contributed by atoms with Crippen LogP contribution in [-0.2, 0) is 4.79 Å². The maximum atomic E-state index is 11.8. The van der Waals surface area contributed by atoms with Crippen LogP contribution in [0.4, 0.5) is 0 Å². The van der Waals surface area contributed by atoms with Gasteiger partial charge in [0.15, 0.2) is 6.61 Å². The molecule has 7 heteroatoms. The van der Waals surface area contributed by atoms with Gasteiger partial charge in [-0.1, -0.05) is 41.4 Å². The molecule has 1 amide bonds. The van der Waals surface area contributed by atoms with Crippen LogP contribution in [-0.4, -0.2) is 23.7 Å². The molecule has 1 aromatic heterocycles. The summed E-state index contributed by atoms with van der Waals surface area (Å²) >= 11 is 11.8. The molecule has 0 radical (unpaired) electrons. The van der Waals surface area contributed by atoms with Crippen molar-refractivity contribution in [1.29, 1.82) is 0 Å². The van der Waals surface area contributed by atoms with Gasteiger partial charge in [0.2, 0.25) is 0 Å². The van der Waals surface area contributed by atoms with Gasteiger partial charge in [-0.15, -0.1) is 0 Å². The lowest BCUT2D eigenvalue weighted by molar-refractivity contribution is -0.123. The van der Waals surface area contributed by atoms with Gasteiger partial charge in [0.25, 0.3) is 5.91 Å². The zero-order chi connectivity index (χ0) is 16.9. The van der Waals surface area contributed by atoms with Crippen LogP contribution in [0.2, 0.25) is 10.0 Å². The zero-order valence-electron chi connectivity index (χ0n) is 12.4. The minimum absolute atomic E-state index is 0.202. The molecule has 24 heavy (non-hydrogen) atoms. The Morgan fingerprint density at radius 1 is 1.25 bits per heavy atom. The normalized spacial score (nSPS) is 11.1. The van der Waals surface area contributed by atoms with Gasteiger partial charge in [-0.3, -0.25) is 4.79 Å². The monoisotopic (exact) mass is 361 g/mol. The SMILES string of the molecule is O=C(COc1ccc(Cl)cc1Cl)N/N=C\c1c[nH]c2ccccc12. The molecule has 0 fully saturated rings. The molecule has 0 aliphatic carbocycles. The number of aromatic amines is 1. The van der Waals surface area contributed by atoms with E-state index in [9.17, 15) is 4.79 Å². The summed E-state index contributed by atoms with van der Waals surface area (Å²) in [6, 6.07) is 12.6. The van der Waals surface area contributed by atoms with E-state index in [1.807, 2.05) is 30.5 Å². The molecule has 3 rings (SSSR count). The third-order valence-electron chi connectivity index (χ3n) is 3.27. The van der Waals surface area contributed by atoms with Crippen molar-refractivity contribution in [2.45, 2.75) is 0 Å². The molecule has 5 nitrogen and oxygen atoms in total. The molecular weight excluding hydrogens is 349 g/mol. The standard InChI is InChI=1S/C17H13Cl2N3O2/c18-12-5-6-16(14(19)7-12)24-10-17(23)22-21-9-11-8-20-15-4-2-1-3-13(11)15/h1-9,20H,10H2,(H,22,23)/b21-9-. The fourth-order valence-corrected chi connectivity index (χ4v) is 2.61. The number of fused-ring (bicyclic) bond motifs is 1. The number of hydrazone groups is 1. The predicted octanol–water partition coefficient (Wildman–Crippen LogP) is 4.00. The number of carbonyl (C=O) groups is 1. The number of H-pyrrole nitrogens is 1. The maximum Gasteiger partial charge on any atom is 0.277 e. The summed E-state index contributed by atoms with van der Waals surface area (Å²) in [5, 5.41) is 5.81. The van der Waals surface area contributed by atoms with Crippen molar-refractivity contribution < 1.29 is 9.53 Å². The molecule has 2 N–H and O–H groups in total. The molecule has 0 saturated heterocycles. The number of amides is 1. The number of aromatic nitrogens is 1. The van der Waals surface area contributed by atoms with Crippen LogP contribution in [0.1, 0.15) is 5.56 Å². The lowest BCUT2D eigenvalue weighted by Crippen LogP contribution is -2.24. The summed E-state index contributed by atoms with van der Waals surface area (Å²) in [4.78, 5) is 14.9. The van der Waals surface area contributed by atoms with Crippen molar-refractivity contribution in [3.63, 3.8) is 0 Å². The molecule has 0 atom stereocenters. The number of para-hydroxylation sites is 1. The van der Waals surface area contributed by atoms with Crippen molar-refractivity contribution in [2.75, 3.05) is 6.61 Å². The molecule has 2 aromatic carbocycles. The van der Waals surface area contributed by atoms with E-state index in [1.54, 1.807) is 24.4 Å². The smallest absolute Gasteiger partial charge is 0.277 e. The van der Waals surface area contributed by atoms with Crippen molar-refractivity contribution in [3.8, 4) is 5.75 Å². The van der Waals surface area contributed by atoms with E-state index in [0.717, 1.165) is 16.5 Å². The van der Waals surface area contributed by atoms with E-state index in [0.29, 0.717) is 15.8 Å². The Morgan fingerprint density at radius 3 is 2.92 bits per heavy atom. The Morgan fingerprint density at radius 2 is 2.08 bits per heavy atom. The number of halogens is 2. The van der Waals surface area contributed by atoms with Crippen LogP contribution < -0.4 is 10.2 Å². The molecule has 0 spiro atoms. The average molecular weight is 362 g/mol. The van der Waals surface area contributed by atoms with E-state index in [4.69, 9.17) is 27.9 Å². The highest BCUT2D eigenvalue weighted by Gasteiger charge is 2.06. The topological polar surface area (TPSA) is 66.5 Å². The minimum atomic E-state index is -0.392. The van der Waals surface area contributed by atoms with Crippen LogP contribution in [0.3, 0.4) is 0 Å². The van der Waals surface area contributed by atoms with Crippen molar-refractivity contribution in [2.24, 2.45) is 5.10 Å². The highest BCUT2D eigenvalue weighted by atomic mass is 35.5. The molecular formula is C17H13Cl2N3O2. The first kappa shape index (κ1) is 16.4. The lowest BCUT2D eigenvalue weighted by Gasteiger charge is -2.06. The molecule has 3 aromatic rings. The number of nitrogens with zero attached hydrogens (tertiary/aromatic N) is 1. The van der Waals surface area contributed by atoms with Crippen LogP contribution in [0.25, 0.3) is 10.9 Å². The molecule has 0 unspecified atom stereocenters. The van der Waals surface area contributed by atoms with Gasteiger partial charge in [0, 0.05) is 27.7 Å². The average Bonchev–Trinajstić information content (AvgIpc) is 2.97. The Balaban J connectivity index is 1.55. The summed E-state index contributed by atoms with van der Waals surface area (Å²) in [5.74, 6) is -0.00562. The maximum absolute atomic E-state index is 11.8. The lowest BCUT2D eigenvalue weighted by atomic mass is 10.2. The summed E-state index contributed by atoms with van der Waals surface area (Å²) in [7, 11) is 0. The Bertz CT molecular complexity index is 906. The number of nitrogens with one attached hydrogen (secondary N) is 2. The first-order valence-corrected chi connectivity index (χ1v) is 7.85. The fraction of sp³-hybridized carbons (Fsp3) is 0.0588. The first-order valence-electron chi connectivity index (χ1n) is 7.09. The van der Waals surface area contributed by atoms with Crippen molar-refractivity contribution in [3.05, 3.63) is 64.3 Å². The van der Waals surface area contributed by atoms with E-state index in [1.165, 1.54) is 0 Å². The Kier molecular flexibility index (Phi) is 5.03. The van der Waals surface area contributed by atoms with Crippen molar-refractivity contribution in [1.82, 2.24) is 10.4 Å². The van der Waals surface area contributed by atoms with Gasteiger partial charge in [-0.2, -0.15) is 5.10 Å². The second kappa shape index (κ2) is 7.38. The van der Waals surface area contributed by atoms with Crippen LogP contribution in [0.5, 0.6) is 5.75 Å². The van der Waals surface area contributed by atoms with Gasteiger partial charge in [0.05, 0.1) is 11.2 Å². The van der Waals surface area contributed by atoms with Gasteiger partial charge < -0.3 is 9.72 Å². The predicted molar refractivity (Wildman–Crippen MR) is 96.0 cm³/mol. The number of hydrogen-bond acceptors (Lipinski definition) is 3. The summed E-state index contributed by atoms with van der Waals surface area (Å²) in [5.41, 5.74) is 4.30. The van der Waals surface area contributed by atoms with Crippen LogP contribution in [0.15, 0.2) is 53.8 Å². The molecule has 0 saturated carbocycles. The fourth-order valence-electron chi connectivity index (χ4n) is 2.14. The second-order valence-electron chi connectivity index (χ2n) is 4.95. The quantitative estimate of drug-likeness (QED) is 0.532. The van der Waals surface area contributed by atoms with Crippen LogP contribution in [0, 0.1) is 0 Å².